The first kappa shape index (κ1) is 22.2. The van der Waals surface area contributed by atoms with Gasteiger partial charge in [-0.25, -0.2) is 0 Å². The Morgan fingerprint density at radius 3 is 2.70 bits per heavy atom. The zero-order valence-corrected chi connectivity index (χ0v) is 19.0. The second-order valence-electron chi connectivity index (χ2n) is 7.58. The predicted molar refractivity (Wildman–Crippen MR) is 126 cm³/mol. The van der Waals surface area contributed by atoms with Gasteiger partial charge in [0.25, 0.3) is 0 Å². The van der Waals surface area contributed by atoms with E-state index in [4.69, 9.17) is 21.7 Å². The maximum absolute atomic E-state index is 5.58. The Kier molecular flexibility index (Phi) is 7.79. The van der Waals surface area contributed by atoms with E-state index in [9.17, 15) is 0 Å². The van der Waals surface area contributed by atoms with Gasteiger partial charge in [0.15, 0.2) is 5.11 Å². The lowest BCUT2D eigenvalue weighted by atomic mass is 10.1. The van der Waals surface area contributed by atoms with Crippen LogP contribution in [0.15, 0.2) is 41.5 Å². The van der Waals surface area contributed by atoms with Gasteiger partial charge in [0.1, 0.15) is 25.4 Å². The van der Waals surface area contributed by atoms with Crippen molar-refractivity contribution >= 4 is 28.7 Å². The van der Waals surface area contributed by atoms with E-state index in [2.05, 4.69) is 41.8 Å². The molecule has 1 aliphatic heterocycles. The van der Waals surface area contributed by atoms with Crippen molar-refractivity contribution in [2.24, 2.45) is 5.10 Å². The van der Waals surface area contributed by atoms with Gasteiger partial charge in [0.05, 0.1) is 26.0 Å². The highest BCUT2D eigenvalue weighted by Crippen LogP contribution is 2.20. The van der Waals surface area contributed by atoms with Crippen molar-refractivity contribution < 1.29 is 14.4 Å². The molecule has 0 radical (unpaired) electrons. The van der Waals surface area contributed by atoms with Crippen LogP contribution in [0.4, 0.5) is 5.69 Å². The second-order valence-corrected chi connectivity index (χ2v) is 7.98. The lowest BCUT2D eigenvalue weighted by Crippen LogP contribution is -3.12. The van der Waals surface area contributed by atoms with Gasteiger partial charge in [0.2, 0.25) is 0 Å². The third kappa shape index (κ3) is 5.78. The van der Waals surface area contributed by atoms with Crippen LogP contribution in [-0.2, 0) is 11.3 Å². The predicted octanol–water partition coefficient (Wildman–Crippen LogP) is 2.44. The molecule has 7 heteroatoms. The largest absolute Gasteiger partial charge is 0.496 e. The van der Waals surface area contributed by atoms with Crippen LogP contribution in [0.2, 0.25) is 0 Å². The number of quaternary nitrogens is 1. The molecule has 3 N–H and O–H groups in total. The van der Waals surface area contributed by atoms with Gasteiger partial charge in [-0.2, -0.15) is 5.10 Å². The summed E-state index contributed by atoms with van der Waals surface area (Å²) in [4.78, 5) is 1.50. The number of benzene rings is 2. The number of nitrogens with one attached hydrogen (secondary N) is 3. The van der Waals surface area contributed by atoms with Crippen molar-refractivity contribution in [2.75, 3.05) is 38.7 Å². The number of nitrogens with zero attached hydrogens (tertiary/aromatic N) is 1. The molecule has 2 aromatic rings. The molecule has 0 spiro atoms. The quantitative estimate of drug-likeness (QED) is 0.376. The Morgan fingerprint density at radius 1 is 1.20 bits per heavy atom. The Hall–Kier alpha value is -2.48. The molecule has 0 atom stereocenters. The van der Waals surface area contributed by atoms with E-state index in [-0.39, 0.29) is 0 Å². The summed E-state index contributed by atoms with van der Waals surface area (Å²) in [5, 5.41) is 8.17. The standard InChI is InChI=1S/C23H30N4O2S/c1-16-6-5-7-21(17(16)2)24-23(30)26-25-18(3)19-8-9-22(28-4)20(14-19)15-27-10-12-29-13-11-27/h5-9,14H,10-13,15H2,1-4H3,(H2,24,26,30)/p+1/b25-18-. The third-order valence-corrected chi connectivity index (χ3v) is 5.71. The minimum absolute atomic E-state index is 0.467. The number of hydrogen-bond donors (Lipinski definition) is 3. The van der Waals surface area contributed by atoms with Crippen LogP contribution in [0.5, 0.6) is 5.75 Å². The molecule has 0 bridgehead atoms. The summed E-state index contributed by atoms with van der Waals surface area (Å²) >= 11 is 5.42. The highest BCUT2D eigenvalue weighted by molar-refractivity contribution is 7.80. The van der Waals surface area contributed by atoms with Crippen LogP contribution in [-0.4, -0.2) is 44.2 Å². The Balaban J connectivity index is 1.68. The first-order chi connectivity index (χ1) is 14.5. The second kappa shape index (κ2) is 10.5. The first-order valence-electron chi connectivity index (χ1n) is 10.2. The number of morpholine rings is 1. The molecule has 0 amide bonds. The highest BCUT2D eigenvalue weighted by atomic mass is 32.1. The number of anilines is 1. The lowest BCUT2D eigenvalue weighted by Gasteiger charge is -2.24. The molecule has 0 unspecified atom stereocenters. The number of thiocarbonyl (C=S) groups is 1. The van der Waals surface area contributed by atoms with E-state index in [1.54, 1.807) is 7.11 Å². The fraction of sp³-hybridized carbons (Fsp3) is 0.391. The summed E-state index contributed by atoms with van der Waals surface area (Å²) in [6.07, 6.45) is 0. The van der Waals surface area contributed by atoms with Gasteiger partial charge in [-0.1, -0.05) is 12.1 Å². The van der Waals surface area contributed by atoms with Gasteiger partial charge in [0, 0.05) is 11.3 Å². The molecule has 160 valence electrons. The molecule has 0 saturated carbocycles. The van der Waals surface area contributed by atoms with Crippen molar-refractivity contribution in [3.63, 3.8) is 0 Å². The fourth-order valence-corrected chi connectivity index (χ4v) is 3.64. The molecule has 2 aromatic carbocycles. The molecule has 1 fully saturated rings. The van der Waals surface area contributed by atoms with Crippen molar-refractivity contribution in [3.05, 3.63) is 58.7 Å². The van der Waals surface area contributed by atoms with E-state index >= 15 is 0 Å². The van der Waals surface area contributed by atoms with E-state index in [1.165, 1.54) is 21.6 Å². The molecule has 0 aromatic heterocycles. The third-order valence-electron chi connectivity index (χ3n) is 5.52. The van der Waals surface area contributed by atoms with Crippen molar-refractivity contribution in [1.82, 2.24) is 5.43 Å². The zero-order chi connectivity index (χ0) is 21.5. The summed E-state index contributed by atoms with van der Waals surface area (Å²) in [6, 6.07) is 12.3. The average molecular weight is 428 g/mol. The fourth-order valence-electron chi connectivity index (χ4n) is 3.48. The van der Waals surface area contributed by atoms with Gasteiger partial charge < -0.3 is 19.7 Å². The number of hydrazone groups is 1. The molecular weight excluding hydrogens is 396 g/mol. The SMILES string of the molecule is COc1ccc(/C(C)=N\NC(=S)Nc2cccc(C)c2C)cc1C[NH+]1CCOCC1. The van der Waals surface area contributed by atoms with Crippen LogP contribution >= 0.6 is 12.2 Å². The molecular formula is C23H31N4O2S+. The Bertz CT molecular complexity index is 923. The van der Waals surface area contributed by atoms with E-state index in [1.807, 2.05) is 31.2 Å². The molecule has 6 nitrogen and oxygen atoms in total. The molecule has 3 rings (SSSR count). The Labute approximate surface area is 184 Å². The number of aryl methyl sites for hydroxylation is 1. The van der Waals surface area contributed by atoms with Crippen LogP contribution < -0.4 is 20.4 Å². The summed E-state index contributed by atoms with van der Waals surface area (Å²) in [5.74, 6) is 0.908. The smallest absolute Gasteiger partial charge is 0.191 e. The van der Waals surface area contributed by atoms with Crippen LogP contribution in [0.1, 0.15) is 29.2 Å². The van der Waals surface area contributed by atoms with Crippen LogP contribution in [0, 0.1) is 13.8 Å². The minimum atomic E-state index is 0.467. The summed E-state index contributed by atoms with van der Waals surface area (Å²) in [6.45, 7) is 10.7. The molecule has 0 aliphatic carbocycles. The highest BCUT2D eigenvalue weighted by Gasteiger charge is 2.17. The molecule has 1 aliphatic rings. The van der Waals surface area contributed by atoms with Gasteiger partial charge >= 0.3 is 0 Å². The van der Waals surface area contributed by atoms with Crippen molar-refractivity contribution in [3.8, 4) is 5.75 Å². The molecule has 1 heterocycles. The van der Waals surface area contributed by atoms with E-state index < -0.39 is 0 Å². The monoisotopic (exact) mass is 427 g/mol. The van der Waals surface area contributed by atoms with Gasteiger partial charge in [-0.15, -0.1) is 0 Å². The molecule has 1 saturated heterocycles. The number of methoxy groups -OCH3 is 1. The zero-order valence-electron chi connectivity index (χ0n) is 18.2. The van der Waals surface area contributed by atoms with Gasteiger partial charge in [-0.3, -0.25) is 5.43 Å². The van der Waals surface area contributed by atoms with Crippen molar-refractivity contribution in [2.45, 2.75) is 27.3 Å². The Morgan fingerprint density at radius 2 is 1.97 bits per heavy atom. The minimum Gasteiger partial charge on any atom is -0.496 e. The average Bonchev–Trinajstić information content (AvgIpc) is 2.76. The topological polar surface area (TPSA) is 59.3 Å². The summed E-state index contributed by atoms with van der Waals surface area (Å²) < 4.78 is 11.0. The summed E-state index contributed by atoms with van der Waals surface area (Å²) in [7, 11) is 1.72. The molecule has 30 heavy (non-hydrogen) atoms. The lowest BCUT2D eigenvalue weighted by molar-refractivity contribution is -0.921. The summed E-state index contributed by atoms with van der Waals surface area (Å²) in [5.41, 5.74) is 9.42. The van der Waals surface area contributed by atoms with Crippen LogP contribution in [0.25, 0.3) is 0 Å². The van der Waals surface area contributed by atoms with Crippen LogP contribution in [0.3, 0.4) is 0 Å². The van der Waals surface area contributed by atoms with E-state index in [0.29, 0.717) is 5.11 Å². The van der Waals surface area contributed by atoms with Crippen molar-refractivity contribution in [1.29, 1.82) is 0 Å². The first-order valence-corrected chi connectivity index (χ1v) is 10.6. The maximum Gasteiger partial charge on any atom is 0.191 e. The normalized spacial score (nSPS) is 15.0. The maximum atomic E-state index is 5.58. The van der Waals surface area contributed by atoms with Gasteiger partial charge in [-0.05, 0) is 73.9 Å². The number of rotatable bonds is 6. The number of hydrogen-bond acceptors (Lipinski definition) is 4. The van der Waals surface area contributed by atoms with E-state index in [0.717, 1.165) is 55.6 Å². The number of ether oxygens (including phenoxy) is 2.